The van der Waals surface area contributed by atoms with E-state index in [2.05, 4.69) is 35.9 Å². The summed E-state index contributed by atoms with van der Waals surface area (Å²) in [5, 5.41) is 4.68. The van der Waals surface area contributed by atoms with Crippen molar-refractivity contribution in [3.05, 3.63) is 34.5 Å². The molecule has 2 aromatic rings. The molecule has 3 N–H and O–H groups in total. The van der Waals surface area contributed by atoms with Gasteiger partial charge in [-0.25, -0.2) is 0 Å². The molecule has 0 saturated carbocycles. The minimum atomic E-state index is -0.227. The van der Waals surface area contributed by atoms with E-state index in [1.165, 1.54) is 33.3 Å². The summed E-state index contributed by atoms with van der Waals surface area (Å²) in [4.78, 5) is 11.4. The number of carbonyl (C=O) groups excluding carboxylic acids is 1. The van der Waals surface area contributed by atoms with Crippen LogP contribution in [-0.4, -0.2) is 10.5 Å². The van der Waals surface area contributed by atoms with Crippen LogP contribution in [0.1, 0.15) is 36.2 Å². The van der Waals surface area contributed by atoms with Crippen LogP contribution in [0.2, 0.25) is 0 Å². The van der Waals surface area contributed by atoms with Gasteiger partial charge in [-0.3, -0.25) is 4.79 Å². The Kier molecular flexibility index (Phi) is 3.49. The fraction of sp³-hybridized carbons (Fsp3) is 0.471. The fourth-order valence-electron chi connectivity index (χ4n) is 3.41. The number of aromatic nitrogens is 1. The Hall–Kier alpha value is -1.81. The maximum atomic E-state index is 11.4. The quantitative estimate of drug-likeness (QED) is 0.905. The Labute approximate surface area is 125 Å². The lowest BCUT2D eigenvalue weighted by molar-refractivity contribution is -0.121. The minimum absolute atomic E-state index is 0.133. The topological polar surface area (TPSA) is 60.0 Å². The molecule has 0 radical (unpaired) electrons. The number of nitrogens with one attached hydrogen (secondary N) is 1. The smallest absolute Gasteiger partial charge is 0.220 e. The Bertz CT molecular complexity index is 715. The highest BCUT2D eigenvalue weighted by Gasteiger charge is 2.20. The van der Waals surface area contributed by atoms with Gasteiger partial charge in [0.1, 0.15) is 0 Å². The summed E-state index contributed by atoms with van der Waals surface area (Å²) in [6.45, 7) is 9.05. The molecule has 2 heterocycles. The summed E-state index contributed by atoms with van der Waals surface area (Å²) < 4.78 is 2.34. The zero-order valence-electron chi connectivity index (χ0n) is 13.0. The number of nitrogens with two attached hydrogens (primary N) is 1. The molecule has 1 atom stereocenters. The van der Waals surface area contributed by atoms with Crippen LogP contribution in [0.15, 0.2) is 12.1 Å². The summed E-state index contributed by atoms with van der Waals surface area (Å²) in [6.07, 6.45) is 0.719. The number of fused-ring (bicyclic) bond motifs is 2. The highest BCUT2D eigenvalue weighted by molar-refractivity contribution is 5.88. The van der Waals surface area contributed by atoms with Gasteiger partial charge < -0.3 is 15.6 Å². The zero-order valence-corrected chi connectivity index (χ0v) is 13.0. The van der Waals surface area contributed by atoms with Crippen molar-refractivity contribution in [2.24, 2.45) is 11.7 Å². The van der Waals surface area contributed by atoms with Gasteiger partial charge in [0, 0.05) is 42.1 Å². The van der Waals surface area contributed by atoms with Gasteiger partial charge in [-0.1, -0.05) is 6.92 Å². The minimum Gasteiger partial charge on any atom is -0.369 e. The molecule has 1 aromatic heterocycles. The van der Waals surface area contributed by atoms with E-state index in [-0.39, 0.29) is 11.8 Å². The first kappa shape index (κ1) is 14.1. The lowest BCUT2D eigenvalue weighted by Gasteiger charge is -2.08. The summed E-state index contributed by atoms with van der Waals surface area (Å²) >= 11 is 0. The Morgan fingerprint density at radius 3 is 2.67 bits per heavy atom. The molecule has 0 fully saturated rings. The Morgan fingerprint density at radius 1 is 1.38 bits per heavy atom. The maximum Gasteiger partial charge on any atom is 0.220 e. The average Bonchev–Trinajstić information content (AvgIpc) is 3.00. The first-order chi connectivity index (χ1) is 10.0. The number of aryl methyl sites for hydroxylation is 1. The monoisotopic (exact) mass is 285 g/mol. The van der Waals surface area contributed by atoms with Gasteiger partial charge in [0.2, 0.25) is 5.91 Å². The molecule has 112 valence electrons. The molecule has 0 bridgehead atoms. The van der Waals surface area contributed by atoms with E-state index < -0.39 is 0 Å². The first-order valence-corrected chi connectivity index (χ1v) is 7.66. The van der Waals surface area contributed by atoms with Crippen molar-refractivity contribution in [2.75, 3.05) is 0 Å². The third kappa shape index (κ3) is 2.23. The van der Waals surface area contributed by atoms with Crippen LogP contribution in [0.3, 0.4) is 0 Å². The van der Waals surface area contributed by atoms with Crippen molar-refractivity contribution < 1.29 is 4.79 Å². The normalized spacial score (nSPS) is 15.4. The molecule has 1 amide bonds. The maximum absolute atomic E-state index is 11.4. The molecule has 0 saturated heterocycles. The lowest BCUT2D eigenvalue weighted by atomic mass is 9.96. The highest BCUT2D eigenvalue weighted by Crippen LogP contribution is 2.32. The van der Waals surface area contributed by atoms with E-state index in [4.69, 9.17) is 5.73 Å². The van der Waals surface area contributed by atoms with Gasteiger partial charge >= 0.3 is 0 Å². The van der Waals surface area contributed by atoms with Crippen molar-refractivity contribution in [1.82, 2.24) is 9.88 Å². The molecule has 1 aromatic carbocycles. The van der Waals surface area contributed by atoms with E-state index in [1.54, 1.807) is 0 Å². The molecule has 21 heavy (non-hydrogen) atoms. The molecule has 4 heteroatoms. The number of amides is 1. The summed E-state index contributed by atoms with van der Waals surface area (Å²) in [5.41, 5.74) is 12.0. The number of carbonyl (C=O) groups is 1. The van der Waals surface area contributed by atoms with Crippen molar-refractivity contribution >= 4 is 16.8 Å². The molecule has 4 nitrogen and oxygen atoms in total. The number of primary amides is 1. The van der Waals surface area contributed by atoms with E-state index in [9.17, 15) is 4.79 Å². The molecule has 1 unspecified atom stereocenters. The third-order valence-electron chi connectivity index (χ3n) is 4.72. The zero-order chi connectivity index (χ0) is 15.1. The molecule has 0 spiro atoms. The number of rotatable bonds is 4. The van der Waals surface area contributed by atoms with Crippen LogP contribution in [0.4, 0.5) is 0 Å². The standard InChI is InChI=1S/C17H23N3O/c1-4-20-11(3)14(5-10(2)17(18)21)15-6-12-8-19-9-13(12)7-16(15)20/h6-7,10,19H,4-5,8-9H2,1-3H3,(H2,18,21). The molecule has 1 aliphatic rings. The number of nitrogens with zero attached hydrogens (tertiary/aromatic N) is 1. The van der Waals surface area contributed by atoms with Crippen LogP contribution in [-0.2, 0) is 30.8 Å². The van der Waals surface area contributed by atoms with Crippen molar-refractivity contribution in [3.8, 4) is 0 Å². The lowest BCUT2D eigenvalue weighted by Crippen LogP contribution is -2.22. The molecule has 1 aliphatic heterocycles. The van der Waals surface area contributed by atoms with Crippen LogP contribution >= 0.6 is 0 Å². The number of benzene rings is 1. The summed E-state index contributed by atoms with van der Waals surface area (Å²) in [7, 11) is 0. The van der Waals surface area contributed by atoms with Gasteiger partial charge in [-0.05, 0) is 49.1 Å². The summed E-state index contributed by atoms with van der Waals surface area (Å²) in [6, 6.07) is 4.60. The second-order valence-corrected chi connectivity index (χ2v) is 6.06. The Morgan fingerprint density at radius 2 is 2.05 bits per heavy atom. The van der Waals surface area contributed by atoms with E-state index in [0.717, 1.165) is 26.1 Å². The number of hydrogen-bond acceptors (Lipinski definition) is 2. The second-order valence-electron chi connectivity index (χ2n) is 6.06. The van der Waals surface area contributed by atoms with Crippen LogP contribution < -0.4 is 11.1 Å². The van der Waals surface area contributed by atoms with Crippen LogP contribution in [0.25, 0.3) is 10.9 Å². The van der Waals surface area contributed by atoms with E-state index in [1.807, 2.05) is 6.92 Å². The third-order valence-corrected chi connectivity index (χ3v) is 4.72. The molecular weight excluding hydrogens is 262 g/mol. The van der Waals surface area contributed by atoms with Crippen LogP contribution in [0.5, 0.6) is 0 Å². The van der Waals surface area contributed by atoms with Gasteiger partial charge in [0.15, 0.2) is 0 Å². The molecule has 0 aliphatic carbocycles. The largest absolute Gasteiger partial charge is 0.369 e. The van der Waals surface area contributed by atoms with Gasteiger partial charge in [0.25, 0.3) is 0 Å². The summed E-state index contributed by atoms with van der Waals surface area (Å²) in [5.74, 6) is -0.361. The molecular formula is C17H23N3O. The van der Waals surface area contributed by atoms with E-state index in [0.29, 0.717) is 0 Å². The van der Waals surface area contributed by atoms with Gasteiger partial charge in [-0.2, -0.15) is 0 Å². The SMILES string of the molecule is CCn1c(C)c(CC(C)C(N)=O)c2cc3c(cc21)CNC3. The Balaban J connectivity index is 2.18. The predicted octanol–water partition coefficient (Wildman–Crippen LogP) is 2.24. The fourth-order valence-corrected chi connectivity index (χ4v) is 3.41. The van der Waals surface area contributed by atoms with Crippen molar-refractivity contribution in [1.29, 1.82) is 0 Å². The average molecular weight is 285 g/mol. The molecule has 3 rings (SSSR count). The van der Waals surface area contributed by atoms with Gasteiger partial charge in [-0.15, -0.1) is 0 Å². The van der Waals surface area contributed by atoms with Crippen LogP contribution in [0, 0.1) is 12.8 Å². The predicted molar refractivity (Wildman–Crippen MR) is 85.0 cm³/mol. The van der Waals surface area contributed by atoms with Gasteiger partial charge in [0.05, 0.1) is 0 Å². The van der Waals surface area contributed by atoms with Crippen molar-refractivity contribution in [2.45, 2.75) is 46.8 Å². The highest BCUT2D eigenvalue weighted by atomic mass is 16.1. The van der Waals surface area contributed by atoms with E-state index >= 15 is 0 Å². The van der Waals surface area contributed by atoms with Crippen molar-refractivity contribution in [3.63, 3.8) is 0 Å². The number of hydrogen-bond donors (Lipinski definition) is 2. The second kappa shape index (κ2) is 5.19. The first-order valence-electron chi connectivity index (χ1n) is 7.66.